The Bertz CT molecular complexity index is 991. The summed E-state index contributed by atoms with van der Waals surface area (Å²) in [6.07, 6.45) is -0.790. The molecule has 1 unspecified atom stereocenters. The van der Waals surface area contributed by atoms with E-state index in [0.29, 0.717) is 5.56 Å². The summed E-state index contributed by atoms with van der Waals surface area (Å²) in [5, 5.41) is 20.2. The minimum Gasteiger partial charge on any atom is -0.394 e. The number of carbonyl (C=O) groups is 2. The van der Waals surface area contributed by atoms with E-state index in [-0.39, 0.29) is 13.0 Å². The highest BCUT2D eigenvalue weighted by atomic mass is 35.5. The summed E-state index contributed by atoms with van der Waals surface area (Å²) < 4.78 is 0.929. The summed E-state index contributed by atoms with van der Waals surface area (Å²) in [6.45, 7) is 7.06. The lowest BCUT2D eigenvalue weighted by Gasteiger charge is -2.34. The Morgan fingerprint density at radius 3 is 2.48 bits per heavy atom. The van der Waals surface area contributed by atoms with E-state index in [1.807, 2.05) is 39.8 Å². The SMILES string of the molecule is Cc1ncsc1-c1ccc(C(CO)N(Cl)C(=O)[C@@H]2C[C@@H](O)CN2C(=O)[C@@H](N)C(C)(C)C)cc1. The second-order valence-corrected chi connectivity index (χ2v) is 10.7. The zero-order valence-corrected chi connectivity index (χ0v) is 20.8. The van der Waals surface area contributed by atoms with Gasteiger partial charge in [-0.3, -0.25) is 9.59 Å². The first-order valence-corrected chi connectivity index (χ1v) is 12.0. The molecular weight excluding hydrogens is 464 g/mol. The van der Waals surface area contributed by atoms with Crippen LogP contribution in [0.4, 0.5) is 0 Å². The molecule has 1 saturated heterocycles. The second kappa shape index (κ2) is 10.1. The molecule has 0 spiro atoms. The molecule has 1 aliphatic rings. The van der Waals surface area contributed by atoms with Crippen molar-refractivity contribution in [3.63, 3.8) is 0 Å². The Labute approximate surface area is 203 Å². The maximum absolute atomic E-state index is 13.3. The number of carbonyl (C=O) groups excluding carboxylic acids is 2. The van der Waals surface area contributed by atoms with Crippen LogP contribution < -0.4 is 5.73 Å². The van der Waals surface area contributed by atoms with Gasteiger partial charge < -0.3 is 20.8 Å². The largest absolute Gasteiger partial charge is 0.394 e. The number of halogens is 1. The molecule has 4 N–H and O–H groups in total. The summed E-state index contributed by atoms with van der Waals surface area (Å²) in [7, 11) is 0. The third-order valence-corrected chi connectivity index (χ3v) is 7.39. The van der Waals surface area contributed by atoms with Crippen molar-refractivity contribution < 1.29 is 19.8 Å². The molecule has 1 aromatic heterocycles. The number of likely N-dealkylation sites (tertiary alicyclic amines) is 1. The van der Waals surface area contributed by atoms with Crippen LogP contribution in [-0.2, 0) is 9.59 Å². The highest BCUT2D eigenvalue weighted by Crippen LogP contribution is 2.32. The molecule has 3 rings (SSSR count). The van der Waals surface area contributed by atoms with Crippen molar-refractivity contribution in [3.05, 3.63) is 41.0 Å². The van der Waals surface area contributed by atoms with Gasteiger partial charge in [0, 0.05) is 24.7 Å². The Balaban J connectivity index is 1.80. The third-order valence-electron chi connectivity index (χ3n) is 6.01. The zero-order valence-electron chi connectivity index (χ0n) is 19.2. The maximum Gasteiger partial charge on any atom is 0.260 e. The van der Waals surface area contributed by atoms with Crippen molar-refractivity contribution in [1.82, 2.24) is 14.3 Å². The summed E-state index contributed by atoms with van der Waals surface area (Å²) in [5.41, 5.74) is 9.96. The first kappa shape index (κ1) is 25.6. The van der Waals surface area contributed by atoms with Crippen LogP contribution in [0.15, 0.2) is 29.8 Å². The second-order valence-electron chi connectivity index (χ2n) is 9.48. The monoisotopic (exact) mass is 494 g/mol. The van der Waals surface area contributed by atoms with Crippen LogP contribution in [0.3, 0.4) is 0 Å². The van der Waals surface area contributed by atoms with Crippen LogP contribution in [0, 0.1) is 12.3 Å². The van der Waals surface area contributed by atoms with E-state index < -0.39 is 48.1 Å². The predicted molar refractivity (Wildman–Crippen MR) is 128 cm³/mol. The maximum atomic E-state index is 13.3. The summed E-state index contributed by atoms with van der Waals surface area (Å²) in [6, 6.07) is 4.79. The van der Waals surface area contributed by atoms with Gasteiger partial charge >= 0.3 is 0 Å². The fourth-order valence-corrected chi connectivity index (χ4v) is 4.98. The van der Waals surface area contributed by atoms with Gasteiger partial charge in [-0.25, -0.2) is 9.40 Å². The van der Waals surface area contributed by atoms with Crippen molar-refractivity contribution in [2.24, 2.45) is 11.1 Å². The topological polar surface area (TPSA) is 120 Å². The zero-order chi connectivity index (χ0) is 24.5. The number of amides is 2. The fraction of sp³-hybridized carbons (Fsp3) is 0.522. The van der Waals surface area contributed by atoms with Crippen molar-refractivity contribution in [2.75, 3.05) is 13.2 Å². The van der Waals surface area contributed by atoms with Crippen LogP contribution in [0.25, 0.3) is 10.4 Å². The Morgan fingerprint density at radius 2 is 1.97 bits per heavy atom. The predicted octanol–water partition coefficient (Wildman–Crippen LogP) is 2.47. The summed E-state index contributed by atoms with van der Waals surface area (Å²) in [5.74, 6) is -0.976. The number of hydrogen-bond acceptors (Lipinski definition) is 7. The van der Waals surface area contributed by atoms with Crippen LogP contribution in [0.1, 0.15) is 44.5 Å². The Hall–Kier alpha value is -2.04. The number of aryl methyl sites for hydroxylation is 1. The van der Waals surface area contributed by atoms with E-state index in [9.17, 15) is 19.8 Å². The number of aromatic nitrogens is 1. The Kier molecular flexibility index (Phi) is 7.80. The summed E-state index contributed by atoms with van der Waals surface area (Å²) in [4.78, 5) is 32.9. The van der Waals surface area contributed by atoms with Crippen molar-refractivity contribution >= 4 is 34.9 Å². The molecule has 0 bridgehead atoms. The molecule has 0 aliphatic carbocycles. The van der Waals surface area contributed by atoms with Gasteiger partial charge in [0.25, 0.3) is 5.91 Å². The van der Waals surface area contributed by atoms with Gasteiger partial charge in [0.05, 0.1) is 40.9 Å². The van der Waals surface area contributed by atoms with Gasteiger partial charge in [0.2, 0.25) is 5.91 Å². The van der Waals surface area contributed by atoms with Crippen molar-refractivity contribution in [1.29, 1.82) is 0 Å². The highest BCUT2D eigenvalue weighted by molar-refractivity contribution is 7.13. The van der Waals surface area contributed by atoms with E-state index in [0.717, 1.165) is 20.6 Å². The quantitative estimate of drug-likeness (QED) is 0.530. The van der Waals surface area contributed by atoms with Crippen LogP contribution in [0.5, 0.6) is 0 Å². The van der Waals surface area contributed by atoms with E-state index in [1.54, 1.807) is 17.6 Å². The highest BCUT2D eigenvalue weighted by Gasteiger charge is 2.45. The van der Waals surface area contributed by atoms with E-state index in [1.165, 1.54) is 16.2 Å². The molecule has 0 saturated carbocycles. The number of aliphatic hydroxyl groups excluding tert-OH is 2. The number of β-amino-alcohol motifs (C(OH)–C–C–N with tert-alkyl or cyclic N) is 1. The van der Waals surface area contributed by atoms with Crippen molar-refractivity contribution in [2.45, 2.75) is 58.3 Å². The van der Waals surface area contributed by atoms with Crippen LogP contribution in [0.2, 0.25) is 0 Å². The lowest BCUT2D eigenvalue weighted by Crippen LogP contribution is -2.55. The number of rotatable bonds is 6. The lowest BCUT2D eigenvalue weighted by molar-refractivity contribution is -0.144. The number of aliphatic hydroxyl groups is 2. The van der Waals surface area contributed by atoms with Gasteiger partial charge in [-0.1, -0.05) is 45.0 Å². The first-order chi connectivity index (χ1) is 15.5. The first-order valence-electron chi connectivity index (χ1n) is 10.8. The lowest BCUT2D eigenvalue weighted by atomic mass is 9.86. The number of benzene rings is 1. The van der Waals surface area contributed by atoms with E-state index in [4.69, 9.17) is 17.5 Å². The molecule has 1 aromatic carbocycles. The number of thiazole rings is 1. The molecule has 1 fully saturated rings. The van der Waals surface area contributed by atoms with Gasteiger partial charge in [0.1, 0.15) is 6.04 Å². The van der Waals surface area contributed by atoms with Crippen LogP contribution in [-0.4, -0.2) is 67.7 Å². The minimum absolute atomic E-state index is 0.0104. The van der Waals surface area contributed by atoms with E-state index in [2.05, 4.69) is 4.98 Å². The number of nitrogens with zero attached hydrogens (tertiary/aromatic N) is 3. The molecule has 0 radical (unpaired) electrons. The van der Waals surface area contributed by atoms with Gasteiger partial charge in [-0.05, 0) is 23.5 Å². The molecule has 33 heavy (non-hydrogen) atoms. The van der Waals surface area contributed by atoms with Crippen molar-refractivity contribution in [3.8, 4) is 10.4 Å². The van der Waals surface area contributed by atoms with Gasteiger partial charge in [0.15, 0.2) is 0 Å². The van der Waals surface area contributed by atoms with Crippen LogP contribution >= 0.6 is 23.1 Å². The standard InChI is InChI=1S/C23H31ClN4O4S/c1-13-19(33-12-26-13)15-7-5-14(6-8-15)18(11-29)28(24)21(31)17-9-16(30)10-27(17)22(32)20(25)23(2,3)4/h5-8,12,16-18,20,29-30H,9-11,25H2,1-4H3/t16-,17+,18?,20-/m1/s1. The molecule has 1 aliphatic heterocycles. The third kappa shape index (κ3) is 5.38. The van der Waals surface area contributed by atoms with Gasteiger partial charge in [-0.2, -0.15) is 0 Å². The minimum atomic E-state index is -0.952. The number of hydrogen-bond donors (Lipinski definition) is 3. The molecule has 10 heteroatoms. The number of nitrogens with two attached hydrogens (primary N) is 1. The van der Waals surface area contributed by atoms with Gasteiger partial charge in [-0.15, -0.1) is 11.3 Å². The molecule has 180 valence electrons. The molecule has 2 aromatic rings. The smallest absolute Gasteiger partial charge is 0.260 e. The summed E-state index contributed by atoms with van der Waals surface area (Å²) >= 11 is 7.96. The molecule has 2 heterocycles. The normalized spacial score (nSPS) is 20.5. The average molecular weight is 495 g/mol. The molecule has 2 amide bonds. The van der Waals surface area contributed by atoms with E-state index >= 15 is 0 Å². The fourth-order valence-electron chi connectivity index (χ4n) is 3.88. The average Bonchev–Trinajstić information content (AvgIpc) is 3.37. The Morgan fingerprint density at radius 1 is 1.33 bits per heavy atom. The molecule has 4 atom stereocenters. The molecular formula is C23H31ClN4O4S. The molecule has 8 nitrogen and oxygen atoms in total.